The van der Waals surface area contributed by atoms with Gasteiger partial charge < -0.3 is 10.1 Å². The van der Waals surface area contributed by atoms with Gasteiger partial charge in [-0.2, -0.15) is 5.10 Å². The van der Waals surface area contributed by atoms with Crippen LogP contribution in [0.3, 0.4) is 0 Å². The van der Waals surface area contributed by atoms with Crippen molar-refractivity contribution in [2.45, 2.75) is 46.2 Å². The molecule has 0 saturated heterocycles. The first-order valence-corrected chi connectivity index (χ1v) is 7.35. The second kappa shape index (κ2) is 8.31. The van der Waals surface area contributed by atoms with Crippen LogP contribution in [0.4, 0.5) is 0 Å². The van der Waals surface area contributed by atoms with Crippen LogP contribution in [0.5, 0.6) is 0 Å². The van der Waals surface area contributed by atoms with Crippen LogP contribution in [-0.4, -0.2) is 34.8 Å². The maximum absolute atomic E-state index is 12.2. The third-order valence-electron chi connectivity index (χ3n) is 3.03. The predicted molar refractivity (Wildman–Crippen MR) is 81.5 cm³/mol. The molecule has 0 aliphatic heterocycles. The van der Waals surface area contributed by atoms with Gasteiger partial charge in [0.15, 0.2) is 0 Å². The second-order valence-corrected chi connectivity index (χ2v) is 5.46. The number of rotatable bonds is 7. The second-order valence-electron chi connectivity index (χ2n) is 5.46. The van der Waals surface area contributed by atoms with E-state index in [1.165, 1.54) is 23.9 Å². The van der Waals surface area contributed by atoms with Crippen LogP contribution in [0.2, 0.25) is 0 Å². The van der Waals surface area contributed by atoms with Crippen molar-refractivity contribution in [2.24, 2.45) is 5.92 Å². The highest BCUT2D eigenvalue weighted by atomic mass is 16.5. The molecule has 1 atom stereocenters. The lowest BCUT2D eigenvalue weighted by molar-refractivity contribution is -0.143. The van der Waals surface area contributed by atoms with E-state index < -0.39 is 17.9 Å². The molecule has 0 aliphatic carbocycles. The molecule has 0 aromatic carbocycles. The van der Waals surface area contributed by atoms with Crippen LogP contribution < -0.4 is 10.9 Å². The number of carbonyl (C=O) groups excluding carboxylic acids is 2. The first-order chi connectivity index (χ1) is 10.4. The Hall–Kier alpha value is -2.18. The van der Waals surface area contributed by atoms with Crippen LogP contribution in [0, 0.1) is 5.92 Å². The van der Waals surface area contributed by atoms with Crippen LogP contribution in [0.25, 0.3) is 0 Å². The predicted octanol–water partition coefficient (Wildman–Crippen LogP) is 0.971. The average Bonchev–Trinajstić information content (AvgIpc) is 2.47. The van der Waals surface area contributed by atoms with E-state index >= 15 is 0 Å². The third-order valence-corrected chi connectivity index (χ3v) is 3.03. The van der Waals surface area contributed by atoms with Gasteiger partial charge >= 0.3 is 5.97 Å². The molecule has 0 fully saturated rings. The number of esters is 1. The van der Waals surface area contributed by atoms with Gasteiger partial charge in [0.25, 0.3) is 11.5 Å². The molecule has 0 aliphatic rings. The van der Waals surface area contributed by atoms with Gasteiger partial charge in [0.2, 0.25) is 0 Å². The minimum absolute atomic E-state index is 0.103. The lowest BCUT2D eigenvalue weighted by Crippen LogP contribution is -2.43. The van der Waals surface area contributed by atoms with Crippen molar-refractivity contribution < 1.29 is 14.3 Å². The van der Waals surface area contributed by atoms with Crippen LogP contribution >= 0.6 is 0 Å². The Kier molecular flexibility index (Phi) is 6.75. The maximum Gasteiger partial charge on any atom is 0.328 e. The van der Waals surface area contributed by atoms with Crippen molar-refractivity contribution >= 4 is 11.9 Å². The van der Waals surface area contributed by atoms with Gasteiger partial charge in [-0.15, -0.1) is 0 Å². The summed E-state index contributed by atoms with van der Waals surface area (Å²) in [6.45, 7) is 6.24. The lowest BCUT2D eigenvalue weighted by Gasteiger charge is -2.18. The molecule has 122 valence electrons. The number of nitrogens with one attached hydrogen (secondary N) is 1. The summed E-state index contributed by atoms with van der Waals surface area (Å²) < 4.78 is 5.94. The van der Waals surface area contributed by atoms with E-state index in [1.807, 2.05) is 20.8 Å². The summed E-state index contributed by atoms with van der Waals surface area (Å²) in [5.74, 6) is -0.781. The minimum atomic E-state index is -0.731. The van der Waals surface area contributed by atoms with Crippen molar-refractivity contribution in [3.8, 4) is 0 Å². The quantitative estimate of drug-likeness (QED) is 0.758. The SMILES string of the molecule is CCCn1nc(C(=O)NC(CC(C)C)C(=O)OC)ccc1=O. The standard InChI is InChI=1S/C15H23N3O4/c1-5-8-18-13(19)7-6-11(17-18)14(20)16-12(9-10(2)3)15(21)22-4/h6-7,10,12H,5,8-9H2,1-4H3,(H,16,20). The van der Waals surface area contributed by atoms with E-state index in [0.717, 1.165) is 6.42 Å². The van der Waals surface area contributed by atoms with E-state index in [2.05, 4.69) is 10.4 Å². The Morgan fingerprint density at radius 1 is 1.36 bits per heavy atom. The number of amides is 1. The monoisotopic (exact) mass is 309 g/mol. The fourth-order valence-electron chi connectivity index (χ4n) is 2.00. The Bertz CT molecular complexity index is 580. The normalized spacial score (nSPS) is 12.0. The van der Waals surface area contributed by atoms with Gasteiger partial charge in [-0.3, -0.25) is 9.59 Å². The molecule has 0 radical (unpaired) electrons. The number of hydrogen-bond donors (Lipinski definition) is 1. The van der Waals surface area contributed by atoms with Crippen LogP contribution in [0.1, 0.15) is 44.1 Å². The highest BCUT2D eigenvalue weighted by molar-refractivity contribution is 5.95. The van der Waals surface area contributed by atoms with Crippen molar-refractivity contribution in [3.05, 3.63) is 28.2 Å². The molecule has 1 aromatic rings. The first-order valence-electron chi connectivity index (χ1n) is 7.35. The first kappa shape index (κ1) is 17.9. The molecular formula is C15H23N3O4. The molecule has 0 spiro atoms. The van der Waals surface area contributed by atoms with Gasteiger partial charge in [-0.1, -0.05) is 20.8 Å². The zero-order valence-electron chi connectivity index (χ0n) is 13.5. The van der Waals surface area contributed by atoms with Gasteiger partial charge in [-0.25, -0.2) is 9.48 Å². The van der Waals surface area contributed by atoms with Crippen molar-refractivity contribution in [1.29, 1.82) is 0 Å². The molecule has 7 nitrogen and oxygen atoms in total. The Balaban J connectivity index is 2.92. The molecular weight excluding hydrogens is 286 g/mol. The summed E-state index contributed by atoms with van der Waals surface area (Å²) in [7, 11) is 1.28. The van der Waals surface area contributed by atoms with E-state index in [-0.39, 0.29) is 17.2 Å². The number of hydrogen-bond acceptors (Lipinski definition) is 5. The molecule has 1 rings (SSSR count). The van der Waals surface area contributed by atoms with E-state index in [0.29, 0.717) is 13.0 Å². The van der Waals surface area contributed by atoms with Crippen LogP contribution in [-0.2, 0) is 16.1 Å². The molecule has 1 heterocycles. The topological polar surface area (TPSA) is 90.3 Å². The van der Waals surface area contributed by atoms with Crippen molar-refractivity contribution in [3.63, 3.8) is 0 Å². The van der Waals surface area contributed by atoms with Gasteiger partial charge in [0, 0.05) is 12.6 Å². The van der Waals surface area contributed by atoms with Crippen LogP contribution in [0.15, 0.2) is 16.9 Å². The highest BCUT2D eigenvalue weighted by Crippen LogP contribution is 2.07. The molecule has 1 N–H and O–H groups in total. The molecule has 0 bridgehead atoms. The van der Waals surface area contributed by atoms with E-state index in [4.69, 9.17) is 4.74 Å². The van der Waals surface area contributed by atoms with E-state index in [1.54, 1.807) is 0 Å². The number of aromatic nitrogens is 2. The molecule has 0 saturated carbocycles. The molecule has 7 heteroatoms. The molecule has 22 heavy (non-hydrogen) atoms. The number of methoxy groups -OCH3 is 1. The third kappa shape index (κ3) is 4.98. The zero-order chi connectivity index (χ0) is 16.7. The summed E-state index contributed by atoms with van der Waals surface area (Å²) in [6, 6.07) is 1.92. The Morgan fingerprint density at radius 3 is 2.59 bits per heavy atom. The average molecular weight is 309 g/mol. The van der Waals surface area contributed by atoms with Gasteiger partial charge in [-0.05, 0) is 24.8 Å². The van der Waals surface area contributed by atoms with E-state index in [9.17, 15) is 14.4 Å². The van der Waals surface area contributed by atoms with Gasteiger partial charge in [0.1, 0.15) is 11.7 Å². The smallest absolute Gasteiger partial charge is 0.328 e. The summed E-state index contributed by atoms with van der Waals surface area (Å²) in [5.41, 5.74) is -0.157. The molecule has 1 amide bonds. The lowest BCUT2D eigenvalue weighted by atomic mass is 10.0. The fourth-order valence-corrected chi connectivity index (χ4v) is 2.00. The molecule has 1 unspecified atom stereocenters. The Labute approximate surface area is 129 Å². The maximum atomic E-state index is 12.2. The van der Waals surface area contributed by atoms with Gasteiger partial charge in [0.05, 0.1) is 7.11 Å². The number of aryl methyl sites for hydroxylation is 1. The largest absolute Gasteiger partial charge is 0.467 e. The number of carbonyl (C=O) groups is 2. The van der Waals surface area contributed by atoms with Crippen molar-refractivity contribution in [2.75, 3.05) is 7.11 Å². The number of ether oxygens (including phenoxy) is 1. The fraction of sp³-hybridized carbons (Fsp3) is 0.600. The minimum Gasteiger partial charge on any atom is -0.467 e. The highest BCUT2D eigenvalue weighted by Gasteiger charge is 2.23. The summed E-state index contributed by atoms with van der Waals surface area (Å²) in [4.78, 5) is 35.6. The zero-order valence-corrected chi connectivity index (χ0v) is 13.5. The summed E-state index contributed by atoms with van der Waals surface area (Å²) >= 11 is 0. The molecule has 1 aromatic heterocycles. The number of nitrogens with zero attached hydrogens (tertiary/aromatic N) is 2. The Morgan fingerprint density at radius 2 is 2.05 bits per heavy atom. The summed E-state index contributed by atoms with van der Waals surface area (Å²) in [6.07, 6.45) is 1.20. The van der Waals surface area contributed by atoms with Crippen molar-refractivity contribution in [1.82, 2.24) is 15.1 Å². The summed E-state index contributed by atoms with van der Waals surface area (Å²) in [5, 5.41) is 6.63.